The maximum absolute atomic E-state index is 13.3. The highest BCUT2D eigenvalue weighted by atomic mass is 79.9. The number of nitrogens with zero attached hydrogens (tertiary/aromatic N) is 1. The number of hydrogen-bond donors (Lipinski definition) is 0. The number of amides is 1. The van der Waals surface area contributed by atoms with Gasteiger partial charge in [-0.1, -0.05) is 76.3 Å². The maximum Gasteiger partial charge on any atom is 0.343 e. The van der Waals surface area contributed by atoms with Crippen molar-refractivity contribution in [2.75, 3.05) is 25.7 Å². The number of benzene rings is 3. The molecule has 1 heterocycles. The second-order valence-electron chi connectivity index (χ2n) is 6.90. The Morgan fingerprint density at radius 2 is 1.88 bits per heavy atom. The van der Waals surface area contributed by atoms with Crippen molar-refractivity contribution >= 4 is 78.6 Å². The lowest BCUT2D eigenvalue weighted by atomic mass is 10.1. The minimum Gasteiger partial charge on any atom is -0.493 e. The van der Waals surface area contributed by atoms with Crippen LogP contribution < -0.4 is 14.4 Å². The number of halogens is 1. The third-order valence-electron chi connectivity index (χ3n) is 4.94. The highest BCUT2D eigenvalue weighted by molar-refractivity contribution is 9.10. The molecule has 1 amide bonds. The Balaban J connectivity index is 1.67. The molecular formula is C24H18BrNO5S2. The van der Waals surface area contributed by atoms with Gasteiger partial charge in [0.25, 0.3) is 5.91 Å². The molecule has 0 atom stereocenters. The van der Waals surface area contributed by atoms with Crippen molar-refractivity contribution in [2.45, 2.75) is 0 Å². The monoisotopic (exact) mass is 543 g/mol. The van der Waals surface area contributed by atoms with Crippen LogP contribution in [0.25, 0.3) is 16.8 Å². The molecule has 1 saturated heterocycles. The minimum absolute atomic E-state index is 0.196. The molecule has 0 radical (unpaired) electrons. The molecule has 0 spiro atoms. The van der Waals surface area contributed by atoms with E-state index in [1.807, 2.05) is 42.5 Å². The number of esters is 1. The second kappa shape index (κ2) is 9.94. The van der Waals surface area contributed by atoms with Gasteiger partial charge in [0.2, 0.25) is 0 Å². The number of fused-ring (bicyclic) bond motifs is 1. The Hall–Kier alpha value is -2.88. The summed E-state index contributed by atoms with van der Waals surface area (Å²) in [6, 6.07) is 17.1. The number of thioether (sulfide) groups is 1. The summed E-state index contributed by atoms with van der Waals surface area (Å²) in [5.74, 6) is 0.0840. The lowest BCUT2D eigenvalue weighted by molar-refractivity contribution is -0.142. The molecule has 0 bridgehead atoms. The zero-order valence-corrected chi connectivity index (χ0v) is 20.9. The van der Waals surface area contributed by atoms with Gasteiger partial charge >= 0.3 is 5.97 Å². The van der Waals surface area contributed by atoms with Gasteiger partial charge in [-0.25, -0.2) is 4.79 Å². The van der Waals surface area contributed by atoms with E-state index in [1.165, 1.54) is 26.0 Å². The number of hydrogen-bond acceptors (Lipinski definition) is 7. The first-order valence-corrected chi connectivity index (χ1v) is 11.8. The van der Waals surface area contributed by atoms with Gasteiger partial charge in [0, 0.05) is 9.86 Å². The van der Waals surface area contributed by atoms with E-state index >= 15 is 0 Å². The van der Waals surface area contributed by atoms with E-state index in [0.29, 0.717) is 30.8 Å². The van der Waals surface area contributed by atoms with Crippen molar-refractivity contribution in [3.63, 3.8) is 0 Å². The Morgan fingerprint density at radius 3 is 2.64 bits per heavy atom. The van der Waals surface area contributed by atoms with E-state index in [1.54, 1.807) is 23.1 Å². The molecule has 1 aliphatic heterocycles. The quantitative estimate of drug-likeness (QED) is 0.229. The molecular weight excluding hydrogens is 526 g/mol. The molecule has 1 fully saturated rings. The topological polar surface area (TPSA) is 65.1 Å². The fourth-order valence-electron chi connectivity index (χ4n) is 3.35. The first kappa shape index (κ1) is 23.3. The minimum atomic E-state index is -0.505. The highest BCUT2D eigenvalue weighted by Crippen LogP contribution is 2.41. The van der Waals surface area contributed by atoms with Gasteiger partial charge in [-0.15, -0.1) is 0 Å². The summed E-state index contributed by atoms with van der Waals surface area (Å²) in [7, 11) is 2.79. The van der Waals surface area contributed by atoms with Crippen molar-refractivity contribution in [1.82, 2.24) is 0 Å². The van der Waals surface area contributed by atoms with E-state index < -0.39 is 5.97 Å². The summed E-state index contributed by atoms with van der Waals surface area (Å²) in [6.07, 6.45) is 1.75. The zero-order valence-electron chi connectivity index (χ0n) is 17.7. The first-order chi connectivity index (χ1) is 15.9. The maximum atomic E-state index is 13.3. The molecule has 1 aliphatic rings. The molecule has 0 saturated carbocycles. The highest BCUT2D eigenvalue weighted by Gasteiger charge is 2.34. The summed E-state index contributed by atoms with van der Waals surface area (Å²) < 4.78 is 16.6. The zero-order chi connectivity index (χ0) is 23.5. The van der Waals surface area contributed by atoms with Crippen LogP contribution in [0.15, 0.2) is 64.0 Å². The summed E-state index contributed by atoms with van der Waals surface area (Å²) in [6.45, 7) is -0.248. The van der Waals surface area contributed by atoms with E-state index in [0.717, 1.165) is 16.5 Å². The molecule has 0 N–H and O–H groups in total. The van der Waals surface area contributed by atoms with Crippen molar-refractivity contribution in [3.05, 3.63) is 69.5 Å². The lowest BCUT2D eigenvalue weighted by Crippen LogP contribution is -2.27. The van der Waals surface area contributed by atoms with Crippen molar-refractivity contribution in [3.8, 4) is 11.5 Å². The fraction of sp³-hybridized carbons (Fsp3) is 0.125. The molecule has 0 aromatic heterocycles. The fourth-order valence-corrected chi connectivity index (χ4v) is 5.06. The standard InChI is InChI=1S/C24H18BrNO5S2/c1-29-19-10-15(17(25)12-20(19)31-13-22(27)30-2)11-21-23(28)26(24(32)33-21)18-9-5-7-14-6-3-4-8-16(14)18/h3-12H,13H2,1-2H3/b21-11-. The number of methoxy groups -OCH3 is 2. The van der Waals surface area contributed by atoms with Crippen LogP contribution in [0, 0.1) is 0 Å². The Morgan fingerprint density at radius 1 is 1.12 bits per heavy atom. The average Bonchev–Trinajstić information content (AvgIpc) is 3.10. The Kier molecular flexibility index (Phi) is 7.02. The van der Waals surface area contributed by atoms with Crippen LogP contribution in [-0.2, 0) is 14.3 Å². The SMILES string of the molecule is COC(=O)COc1cc(Br)c(/C=C2\SC(=S)N(c3cccc4ccccc34)C2=O)cc1OC. The molecule has 3 aromatic rings. The molecule has 4 rings (SSSR count). The van der Waals surface area contributed by atoms with Crippen LogP contribution in [0.4, 0.5) is 5.69 Å². The normalized spacial score (nSPS) is 14.8. The number of anilines is 1. The summed E-state index contributed by atoms with van der Waals surface area (Å²) in [5, 5.41) is 1.98. The van der Waals surface area contributed by atoms with Crippen LogP contribution >= 0.6 is 39.9 Å². The van der Waals surface area contributed by atoms with Gasteiger partial charge in [0.1, 0.15) is 0 Å². The van der Waals surface area contributed by atoms with Crippen molar-refractivity contribution < 1.29 is 23.8 Å². The van der Waals surface area contributed by atoms with Crippen LogP contribution in [0.5, 0.6) is 11.5 Å². The summed E-state index contributed by atoms with van der Waals surface area (Å²) in [5.41, 5.74) is 1.46. The molecule has 9 heteroatoms. The van der Waals surface area contributed by atoms with Crippen molar-refractivity contribution in [2.24, 2.45) is 0 Å². The summed E-state index contributed by atoms with van der Waals surface area (Å²) >= 11 is 10.3. The van der Waals surface area contributed by atoms with Gasteiger partial charge in [-0.2, -0.15) is 0 Å². The molecule has 6 nitrogen and oxygen atoms in total. The first-order valence-electron chi connectivity index (χ1n) is 9.75. The Labute approximate surface area is 208 Å². The average molecular weight is 544 g/mol. The van der Waals surface area contributed by atoms with E-state index in [-0.39, 0.29) is 12.5 Å². The lowest BCUT2D eigenvalue weighted by Gasteiger charge is -2.17. The predicted octanol–water partition coefficient (Wildman–Crippen LogP) is 5.57. The molecule has 0 unspecified atom stereocenters. The van der Waals surface area contributed by atoms with Crippen LogP contribution in [0.3, 0.4) is 0 Å². The number of thiocarbonyl (C=S) groups is 1. The van der Waals surface area contributed by atoms with Crippen LogP contribution in [0.1, 0.15) is 5.56 Å². The second-order valence-corrected chi connectivity index (χ2v) is 9.43. The molecule has 168 valence electrons. The van der Waals surface area contributed by atoms with Gasteiger partial charge in [-0.3, -0.25) is 9.69 Å². The third-order valence-corrected chi connectivity index (χ3v) is 6.93. The third kappa shape index (κ3) is 4.75. The Bertz CT molecular complexity index is 1300. The van der Waals surface area contributed by atoms with Crippen LogP contribution in [0.2, 0.25) is 0 Å². The van der Waals surface area contributed by atoms with Gasteiger partial charge in [0.05, 0.1) is 24.8 Å². The van der Waals surface area contributed by atoms with Gasteiger partial charge in [-0.05, 0) is 35.2 Å². The number of rotatable bonds is 6. The van der Waals surface area contributed by atoms with Gasteiger partial charge in [0.15, 0.2) is 22.4 Å². The molecule has 33 heavy (non-hydrogen) atoms. The number of carbonyl (C=O) groups excluding carboxylic acids is 2. The van der Waals surface area contributed by atoms with E-state index in [2.05, 4.69) is 20.7 Å². The predicted molar refractivity (Wildman–Crippen MR) is 138 cm³/mol. The number of ether oxygens (including phenoxy) is 3. The van der Waals surface area contributed by atoms with Crippen LogP contribution in [-0.4, -0.2) is 37.0 Å². The van der Waals surface area contributed by atoms with Gasteiger partial charge < -0.3 is 14.2 Å². The molecule has 0 aliphatic carbocycles. The number of carbonyl (C=O) groups is 2. The van der Waals surface area contributed by atoms with E-state index in [4.69, 9.17) is 21.7 Å². The van der Waals surface area contributed by atoms with Crippen molar-refractivity contribution in [1.29, 1.82) is 0 Å². The summed E-state index contributed by atoms with van der Waals surface area (Å²) in [4.78, 5) is 26.8. The van der Waals surface area contributed by atoms with E-state index in [9.17, 15) is 9.59 Å². The smallest absolute Gasteiger partial charge is 0.343 e. The largest absolute Gasteiger partial charge is 0.493 e. The molecule has 3 aromatic carbocycles.